The van der Waals surface area contributed by atoms with Crippen LogP contribution in [-0.4, -0.2) is 22.9 Å². The highest BCUT2D eigenvalue weighted by molar-refractivity contribution is 6.62. The van der Waals surface area contributed by atoms with E-state index in [1.54, 1.807) is 22.9 Å². The van der Waals surface area contributed by atoms with Gasteiger partial charge in [0.05, 0.1) is 17.7 Å². The highest BCUT2D eigenvalue weighted by Gasteiger charge is 2.51. The maximum Gasteiger partial charge on any atom is 0.496 e. The number of rotatable bonds is 3. The van der Waals surface area contributed by atoms with Crippen LogP contribution in [0.15, 0.2) is 47.4 Å². The van der Waals surface area contributed by atoms with Gasteiger partial charge in [0.2, 0.25) is 0 Å². The summed E-state index contributed by atoms with van der Waals surface area (Å²) in [5.41, 5.74) is 0.962. The van der Waals surface area contributed by atoms with Gasteiger partial charge in [0.1, 0.15) is 0 Å². The number of aromatic nitrogens is 1. The third kappa shape index (κ3) is 3.29. The monoisotopic (exact) mass is 345 g/mol. The van der Waals surface area contributed by atoms with Crippen molar-refractivity contribution in [3.63, 3.8) is 0 Å². The van der Waals surface area contributed by atoms with E-state index in [2.05, 4.69) is 0 Å². The standard InChI is InChI=1S/C18H21BClNO3/c1-17(2)18(3,4)24-19(23-17)14-7-10-16(22)21(12-14)11-13-5-8-15(20)9-6-13/h5-10,12H,11H2,1-4H3. The summed E-state index contributed by atoms with van der Waals surface area (Å²) in [5.74, 6) is 0. The molecule has 0 aliphatic carbocycles. The fraction of sp³-hybridized carbons (Fsp3) is 0.389. The summed E-state index contributed by atoms with van der Waals surface area (Å²) in [6, 6.07) is 10.8. The van der Waals surface area contributed by atoms with E-state index in [9.17, 15) is 4.79 Å². The van der Waals surface area contributed by atoms with Gasteiger partial charge in [-0.1, -0.05) is 29.8 Å². The van der Waals surface area contributed by atoms with Crippen molar-refractivity contribution in [1.29, 1.82) is 0 Å². The van der Waals surface area contributed by atoms with Gasteiger partial charge in [0, 0.05) is 17.3 Å². The first-order valence-corrected chi connectivity index (χ1v) is 8.36. The Labute approximate surface area is 147 Å². The molecule has 0 spiro atoms. The lowest BCUT2D eigenvalue weighted by Crippen LogP contribution is -2.41. The van der Waals surface area contributed by atoms with Crippen molar-refractivity contribution in [2.45, 2.75) is 45.4 Å². The molecule has 1 aromatic heterocycles. The molecule has 0 radical (unpaired) electrons. The van der Waals surface area contributed by atoms with Crippen LogP contribution in [-0.2, 0) is 15.9 Å². The molecule has 1 fully saturated rings. The molecular formula is C18H21BClNO3. The minimum Gasteiger partial charge on any atom is -0.399 e. The molecule has 1 aliphatic heterocycles. The Morgan fingerprint density at radius 2 is 1.58 bits per heavy atom. The summed E-state index contributed by atoms with van der Waals surface area (Å²) < 4.78 is 13.8. The second-order valence-electron chi connectivity index (χ2n) is 7.14. The fourth-order valence-electron chi connectivity index (χ4n) is 2.58. The van der Waals surface area contributed by atoms with Crippen LogP contribution >= 0.6 is 11.6 Å². The van der Waals surface area contributed by atoms with Crippen molar-refractivity contribution in [1.82, 2.24) is 4.57 Å². The van der Waals surface area contributed by atoms with Crippen LogP contribution < -0.4 is 11.0 Å². The van der Waals surface area contributed by atoms with Crippen LogP contribution in [0.5, 0.6) is 0 Å². The van der Waals surface area contributed by atoms with Gasteiger partial charge >= 0.3 is 7.12 Å². The predicted octanol–water partition coefficient (Wildman–Crippen LogP) is 2.85. The van der Waals surface area contributed by atoms with Crippen LogP contribution in [0.4, 0.5) is 0 Å². The van der Waals surface area contributed by atoms with Crippen molar-refractivity contribution in [3.8, 4) is 0 Å². The molecule has 6 heteroatoms. The van der Waals surface area contributed by atoms with E-state index < -0.39 is 18.3 Å². The van der Waals surface area contributed by atoms with Gasteiger partial charge in [-0.25, -0.2) is 0 Å². The van der Waals surface area contributed by atoms with Gasteiger partial charge in [0.25, 0.3) is 5.56 Å². The molecule has 1 aliphatic rings. The van der Waals surface area contributed by atoms with Crippen LogP contribution in [0.1, 0.15) is 33.3 Å². The number of hydrogen-bond acceptors (Lipinski definition) is 3. The lowest BCUT2D eigenvalue weighted by Gasteiger charge is -2.32. The molecule has 24 heavy (non-hydrogen) atoms. The maximum atomic E-state index is 12.2. The van der Waals surface area contributed by atoms with Gasteiger partial charge in [0.15, 0.2) is 0 Å². The van der Waals surface area contributed by atoms with E-state index in [1.165, 1.54) is 0 Å². The molecule has 0 N–H and O–H groups in total. The zero-order valence-electron chi connectivity index (χ0n) is 14.4. The Balaban J connectivity index is 1.87. The Morgan fingerprint density at radius 3 is 2.17 bits per heavy atom. The summed E-state index contributed by atoms with van der Waals surface area (Å²) in [7, 11) is -0.480. The average molecular weight is 346 g/mol. The molecule has 3 rings (SSSR count). The van der Waals surface area contributed by atoms with Crippen molar-refractivity contribution < 1.29 is 9.31 Å². The minimum absolute atomic E-state index is 0.0646. The third-order valence-electron chi connectivity index (χ3n) is 4.80. The second-order valence-corrected chi connectivity index (χ2v) is 7.58. The lowest BCUT2D eigenvalue weighted by atomic mass is 9.80. The first-order chi connectivity index (χ1) is 11.2. The Kier molecular flexibility index (Phi) is 4.37. The highest BCUT2D eigenvalue weighted by Crippen LogP contribution is 2.36. The Hall–Kier alpha value is -1.56. The summed E-state index contributed by atoms with van der Waals surface area (Å²) in [5, 5.41) is 0.678. The summed E-state index contributed by atoms with van der Waals surface area (Å²) in [4.78, 5) is 12.2. The molecular weight excluding hydrogens is 324 g/mol. The quantitative estimate of drug-likeness (QED) is 0.803. The number of pyridine rings is 1. The third-order valence-corrected chi connectivity index (χ3v) is 5.05. The van der Waals surface area contributed by atoms with Gasteiger partial charge in [-0.05, 0) is 50.9 Å². The molecule has 2 aromatic rings. The van der Waals surface area contributed by atoms with Gasteiger partial charge in [-0.3, -0.25) is 4.79 Å². The summed E-state index contributed by atoms with van der Waals surface area (Å²) in [6.45, 7) is 8.52. The van der Waals surface area contributed by atoms with E-state index in [-0.39, 0.29) is 5.56 Å². The van der Waals surface area contributed by atoms with Crippen molar-refractivity contribution in [3.05, 3.63) is 63.5 Å². The Bertz CT molecular complexity index is 783. The SMILES string of the molecule is CC1(C)OB(c2ccc(=O)n(Cc3ccc(Cl)cc3)c2)OC1(C)C. The first-order valence-electron chi connectivity index (χ1n) is 7.98. The van der Waals surface area contributed by atoms with Gasteiger partial charge in [-0.2, -0.15) is 0 Å². The molecule has 0 bridgehead atoms. The Morgan fingerprint density at radius 1 is 1.00 bits per heavy atom. The largest absolute Gasteiger partial charge is 0.496 e. The van der Waals surface area contributed by atoms with Crippen LogP contribution in [0.25, 0.3) is 0 Å². The van der Waals surface area contributed by atoms with E-state index in [4.69, 9.17) is 20.9 Å². The van der Waals surface area contributed by atoms with Crippen molar-refractivity contribution in [2.75, 3.05) is 0 Å². The zero-order chi connectivity index (χ0) is 17.5. The first kappa shape index (κ1) is 17.3. The van der Waals surface area contributed by atoms with E-state index in [0.29, 0.717) is 11.6 Å². The number of benzene rings is 1. The molecule has 0 unspecified atom stereocenters. The molecule has 0 atom stereocenters. The molecule has 0 amide bonds. The smallest absolute Gasteiger partial charge is 0.399 e. The second kappa shape index (κ2) is 6.06. The van der Waals surface area contributed by atoms with E-state index >= 15 is 0 Å². The number of halogens is 1. The number of nitrogens with zero attached hydrogens (tertiary/aromatic N) is 1. The zero-order valence-corrected chi connectivity index (χ0v) is 15.1. The minimum atomic E-state index is -0.480. The van der Waals surface area contributed by atoms with Gasteiger partial charge in [-0.15, -0.1) is 0 Å². The van der Waals surface area contributed by atoms with Crippen LogP contribution in [0.3, 0.4) is 0 Å². The van der Waals surface area contributed by atoms with Crippen LogP contribution in [0.2, 0.25) is 5.02 Å². The van der Waals surface area contributed by atoms with Gasteiger partial charge < -0.3 is 13.9 Å². The van der Waals surface area contributed by atoms with Crippen molar-refractivity contribution in [2.24, 2.45) is 0 Å². The lowest BCUT2D eigenvalue weighted by molar-refractivity contribution is 0.00578. The molecule has 126 valence electrons. The molecule has 1 saturated heterocycles. The highest BCUT2D eigenvalue weighted by atomic mass is 35.5. The van der Waals surface area contributed by atoms with Crippen LogP contribution in [0, 0.1) is 0 Å². The fourth-order valence-corrected chi connectivity index (χ4v) is 2.70. The normalized spacial score (nSPS) is 18.8. The number of hydrogen-bond donors (Lipinski definition) is 0. The topological polar surface area (TPSA) is 40.5 Å². The van der Waals surface area contributed by atoms with Crippen molar-refractivity contribution >= 4 is 24.2 Å². The molecule has 1 aromatic carbocycles. The molecule has 0 saturated carbocycles. The maximum absolute atomic E-state index is 12.2. The molecule has 4 nitrogen and oxygen atoms in total. The van der Waals surface area contributed by atoms with E-state index in [1.807, 2.05) is 52.0 Å². The molecule has 2 heterocycles. The van der Waals surface area contributed by atoms with E-state index in [0.717, 1.165) is 11.0 Å². The summed E-state index contributed by atoms with van der Waals surface area (Å²) >= 11 is 5.91. The average Bonchev–Trinajstić information content (AvgIpc) is 2.72. The predicted molar refractivity (Wildman–Crippen MR) is 97.0 cm³/mol. The summed E-state index contributed by atoms with van der Waals surface area (Å²) in [6.07, 6.45) is 1.80.